The molecule has 0 fully saturated rings. The summed E-state index contributed by atoms with van der Waals surface area (Å²) in [5, 5.41) is 16.0. The van der Waals surface area contributed by atoms with Gasteiger partial charge < -0.3 is 20.5 Å². The molecule has 27 heavy (non-hydrogen) atoms. The van der Waals surface area contributed by atoms with Gasteiger partial charge in [-0.25, -0.2) is 0 Å². The van der Waals surface area contributed by atoms with Crippen molar-refractivity contribution in [3.8, 4) is 11.5 Å². The van der Waals surface area contributed by atoms with Crippen LogP contribution < -0.4 is 15.4 Å². The molecule has 0 aromatic heterocycles. The van der Waals surface area contributed by atoms with Crippen molar-refractivity contribution in [3.63, 3.8) is 0 Å². The van der Waals surface area contributed by atoms with Crippen LogP contribution in [0, 0.1) is 0 Å². The molecule has 0 aliphatic carbocycles. The van der Waals surface area contributed by atoms with Crippen LogP contribution in [-0.2, 0) is 19.3 Å². The minimum Gasteiger partial charge on any atom is -0.508 e. The predicted octanol–water partition coefficient (Wildman–Crippen LogP) is 3.29. The zero-order valence-electron chi connectivity index (χ0n) is 15.7. The van der Waals surface area contributed by atoms with E-state index in [1.165, 1.54) is 16.7 Å². The molecule has 1 aliphatic rings. The lowest BCUT2D eigenvalue weighted by Gasteiger charge is -2.12. The molecule has 1 heterocycles. The van der Waals surface area contributed by atoms with E-state index in [4.69, 9.17) is 4.74 Å². The molecule has 2 aromatic carbocycles. The van der Waals surface area contributed by atoms with Crippen molar-refractivity contribution >= 4 is 29.9 Å². The summed E-state index contributed by atoms with van der Waals surface area (Å²) in [7, 11) is 1.79. The fourth-order valence-corrected chi connectivity index (χ4v) is 3.10. The second-order valence-electron chi connectivity index (χ2n) is 6.49. The molecule has 0 saturated carbocycles. The van der Waals surface area contributed by atoms with Gasteiger partial charge in [0.15, 0.2) is 5.96 Å². The first-order valence-electron chi connectivity index (χ1n) is 9.21. The first kappa shape index (κ1) is 21.3. The lowest BCUT2D eigenvalue weighted by Crippen LogP contribution is -2.38. The fourth-order valence-electron chi connectivity index (χ4n) is 3.10. The maximum absolute atomic E-state index is 9.30. The van der Waals surface area contributed by atoms with Gasteiger partial charge in [-0.15, -0.1) is 24.0 Å². The Balaban J connectivity index is 0.00000261. The summed E-state index contributed by atoms with van der Waals surface area (Å²) >= 11 is 0. The third-order valence-corrected chi connectivity index (χ3v) is 4.55. The number of phenols is 1. The number of benzene rings is 2. The smallest absolute Gasteiger partial charge is 0.190 e. The van der Waals surface area contributed by atoms with Crippen LogP contribution in [0.3, 0.4) is 0 Å². The first-order valence-corrected chi connectivity index (χ1v) is 9.21. The quantitative estimate of drug-likeness (QED) is 0.246. The van der Waals surface area contributed by atoms with E-state index in [1.54, 1.807) is 19.2 Å². The minimum atomic E-state index is 0. The van der Waals surface area contributed by atoms with E-state index < -0.39 is 0 Å². The zero-order valence-corrected chi connectivity index (χ0v) is 18.0. The summed E-state index contributed by atoms with van der Waals surface area (Å²) < 4.78 is 5.55. The van der Waals surface area contributed by atoms with Gasteiger partial charge in [0.25, 0.3) is 0 Å². The number of aromatic hydroxyl groups is 1. The Morgan fingerprint density at radius 3 is 2.56 bits per heavy atom. The number of guanidine groups is 1. The highest BCUT2D eigenvalue weighted by Gasteiger charge is 2.11. The molecule has 3 rings (SSSR count). The van der Waals surface area contributed by atoms with Gasteiger partial charge in [-0.05, 0) is 54.2 Å². The van der Waals surface area contributed by atoms with Gasteiger partial charge in [0.2, 0.25) is 0 Å². The summed E-state index contributed by atoms with van der Waals surface area (Å²) in [6, 6.07) is 13.8. The monoisotopic (exact) mass is 481 g/mol. The number of nitrogens with zero attached hydrogens (tertiary/aromatic N) is 1. The molecular weight excluding hydrogens is 453 g/mol. The third kappa shape index (κ3) is 6.61. The summed E-state index contributed by atoms with van der Waals surface area (Å²) in [4.78, 5) is 4.27. The second kappa shape index (κ2) is 11.0. The van der Waals surface area contributed by atoms with E-state index in [0.717, 1.165) is 57.1 Å². The van der Waals surface area contributed by atoms with Crippen molar-refractivity contribution in [2.24, 2.45) is 4.99 Å². The number of hydrogen-bond donors (Lipinski definition) is 3. The van der Waals surface area contributed by atoms with Crippen LogP contribution in [0.25, 0.3) is 0 Å². The maximum atomic E-state index is 9.30. The lowest BCUT2D eigenvalue weighted by molar-refractivity contribution is 0.357. The number of rotatable bonds is 7. The molecule has 0 radical (unpaired) electrons. The number of halogens is 1. The first-order chi connectivity index (χ1) is 12.7. The van der Waals surface area contributed by atoms with Gasteiger partial charge in [0.05, 0.1) is 6.61 Å². The zero-order chi connectivity index (χ0) is 18.2. The van der Waals surface area contributed by atoms with Crippen molar-refractivity contribution in [2.75, 3.05) is 26.7 Å². The van der Waals surface area contributed by atoms with E-state index in [0.29, 0.717) is 5.75 Å². The molecule has 0 bridgehead atoms. The Kier molecular flexibility index (Phi) is 8.71. The molecule has 0 unspecified atom stereocenters. The molecule has 3 N–H and O–H groups in total. The minimum absolute atomic E-state index is 0. The fraction of sp³-hybridized carbons (Fsp3) is 0.381. The highest BCUT2D eigenvalue weighted by atomic mass is 127. The number of nitrogens with one attached hydrogen (secondary N) is 2. The Bertz CT molecular complexity index is 748. The van der Waals surface area contributed by atoms with Crippen LogP contribution in [-0.4, -0.2) is 37.8 Å². The molecule has 146 valence electrons. The molecule has 1 aliphatic heterocycles. The molecule has 0 atom stereocenters. The molecule has 0 spiro atoms. The van der Waals surface area contributed by atoms with Crippen molar-refractivity contribution < 1.29 is 9.84 Å². The van der Waals surface area contributed by atoms with Crippen molar-refractivity contribution in [3.05, 3.63) is 59.2 Å². The van der Waals surface area contributed by atoms with Gasteiger partial charge >= 0.3 is 0 Å². The SMILES string of the molecule is CN=C(NCCCc1ccc(O)cc1)NCCc1ccc2c(c1)CCO2.I. The third-order valence-electron chi connectivity index (χ3n) is 4.55. The van der Waals surface area contributed by atoms with Crippen LogP contribution >= 0.6 is 24.0 Å². The van der Waals surface area contributed by atoms with Crippen molar-refractivity contribution in [1.29, 1.82) is 0 Å². The largest absolute Gasteiger partial charge is 0.508 e. The summed E-state index contributed by atoms with van der Waals surface area (Å²) in [6.45, 7) is 2.51. The average Bonchev–Trinajstić information content (AvgIpc) is 3.13. The number of fused-ring (bicyclic) bond motifs is 1. The van der Waals surface area contributed by atoms with Crippen LogP contribution in [0.5, 0.6) is 11.5 Å². The molecule has 0 amide bonds. The van der Waals surface area contributed by atoms with Gasteiger partial charge in [-0.1, -0.05) is 24.3 Å². The molecular formula is C21H28IN3O2. The van der Waals surface area contributed by atoms with Gasteiger partial charge in [0.1, 0.15) is 11.5 Å². The van der Waals surface area contributed by atoms with Crippen LogP contribution in [0.2, 0.25) is 0 Å². The van der Waals surface area contributed by atoms with Crippen molar-refractivity contribution in [1.82, 2.24) is 10.6 Å². The average molecular weight is 481 g/mol. The number of hydrogen-bond acceptors (Lipinski definition) is 3. The number of aryl methyl sites for hydroxylation is 1. The topological polar surface area (TPSA) is 65.9 Å². The van der Waals surface area contributed by atoms with Crippen molar-refractivity contribution in [2.45, 2.75) is 25.7 Å². The van der Waals surface area contributed by atoms with Crippen LogP contribution in [0.15, 0.2) is 47.5 Å². The predicted molar refractivity (Wildman–Crippen MR) is 121 cm³/mol. The number of aliphatic imine (C=N–C) groups is 1. The van der Waals surface area contributed by atoms with E-state index >= 15 is 0 Å². The van der Waals surface area contributed by atoms with Gasteiger partial charge in [-0.2, -0.15) is 0 Å². The number of ether oxygens (including phenoxy) is 1. The van der Waals surface area contributed by atoms with E-state index in [2.05, 4.69) is 33.8 Å². The highest BCUT2D eigenvalue weighted by Crippen LogP contribution is 2.25. The molecule has 5 nitrogen and oxygen atoms in total. The lowest BCUT2D eigenvalue weighted by atomic mass is 10.1. The van der Waals surface area contributed by atoms with E-state index in [9.17, 15) is 5.11 Å². The molecule has 6 heteroatoms. The summed E-state index contributed by atoms with van der Waals surface area (Å²) in [5.74, 6) is 2.18. The Labute approximate surface area is 178 Å². The van der Waals surface area contributed by atoms with E-state index in [-0.39, 0.29) is 24.0 Å². The van der Waals surface area contributed by atoms with Crippen LogP contribution in [0.4, 0.5) is 0 Å². The van der Waals surface area contributed by atoms with E-state index in [1.807, 2.05) is 12.1 Å². The number of phenolic OH excluding ortho intramolecular Hbond substituents is 1. The second-order valence-corrected chi connectivity index (χ2v) is 6.49. The summed E-state index contributed by atoms with van der Waals surface area (Å²) in [6.07, 6.45) is 3.96. The van der Waals surface area contributed by atoms with Crippen LogP contribution in [0.1, 0.15) is 23.1 Å². The highest BCUT2D eigenvalue weighted by molar-refractivity contribution is 14.0. The molecule has 0 saturated heterocycles. The standard InChI is InChI=1S/C21H27N3O2.HI/c1-22-21(23-12-2-3-16-4-7-19(25)8-5-16)24-13-10-17-6-9-20-18(15-17)11-14-26-20;/h4-9,15,25H,2-3,10-14H2,1H3,(H2,22,23,24);1H. The Morgan fingerprint density at radius 2 is 1.78 bits per heavy atom. The van der Waals surface area contributed by atoms with Gasteiger partial charge in [0, 0.05) is 26.6 Å². The normalized spacial score (nSPS) is 12.7. The maximum Gasteiger partial charge on any atom is 0.190 e. The Morgan fingerprint density at radius 1 is 1.04 bits per heavy atom. The van der Waals surface area contributed by atoms with Gasteiger partial charge in [-0.3, -0.25) is 4.99 Å². The molecule has 2 aromatic rings. The summed E-state index contributed by atoms with van der Waals surface area (Å²) in [5.41, 5.74) is 3.87. The Hall–Kier alpha value is -1.96.